The Bertz CT molecular complexity index is 706. The van der Waals surface area contributed by atoms with Gasteiger partial charge in [-0.25, -0.2) is 15.0 Å². The number of hydrogen-bond acceptors (Lipinski definition) is 5. The molecule has 1 amide bonds. The van der Waals surface area contributed by atoms with Crippen LogP contribution in [0.5, 0.6) is 0 Å². The number of rotatable bonds is 2. The molecule has 2 aliphatic rings. The number of aromatic nitrogens is 3. The zero-order valence-corrected chi connectivity index (χ0v) is 13.1. The highest BCUT2D eigenvalue weighted by atomic mass is 16.2. The molecule has 23 heavy (non-hydrogen) atoms. The molecule has 6 nitrogen and oxygen atoms in total. The highest BCUT2D eigenvalue weighted by Crippen LogP contribution is 2.33. The lowest BCUT2D eigenvalue weighted by Crippen LogP contribution is -2.34. The van der Waals surface area contributed by atoms with Gasteiger partial charge in [0, 0.05) is 56.1 Å². The van der Waals surface area contributed by atoms with Crippen LogP contribution in [0.4, 0.5) is 5.95 Å². The minimum Gasteiger partial charge on any atom is -0.340 e. The molecule has 118 valence electrons. The van der Waals surface area contributed by atoms with E-state index in [0.29, 0.717) is 17.5 Å². The number of carbonyl (C=O) groups excluding carboxylic acids is 1. The normalized spacial score (nSPS) is 23.2. The molecule has 0 saturated carbocycles. The fourth-order valence-corrected chi connectivity index (χ4v) is 3.60. The summed E-state index contributed by atoms with van der Waals surface area (Å²) in [6.07, 6.45) is 3.55. The van der Waals surface area contributed by atoms with Crippen LogP contribution in [0.15, 0.2) is 36.7 Å². The van der Waals surface area contributed by atoms with E-state index in [-0.39, 0.29) is 5.91 Å². The van der Waals surface area contributed by atoms with E-state index in [4.69, 9.17) is 0 Å². The number of anilines is 1. The monoisotopic (exact) mass is 309 g/mol. The molecule has 2 aliphatic heterocycles. The third-order valence-corrected chi connectivity index (χ3v) is 4.72. The Morgan fingerprint density at radius 3 is 2.39 bits per heavy atom. The number of amides is 1. The maximum atomic E-state index is 12.6. The molecule has 2 fully saturated rings. The van der Waals surface area contributed by atoms with Crippen LogP contribution in [0.1, 0.15) is 16.2 Å². The number of aryl methyl sites for hydroxylation is 1. The van der Waals surface area contributed by atoms with Gasteiger partial charge in [-0.15, -0.1) is 0 Å². The van der Waals surface area contributed by atoms with E-state index in [1.165, 1.54) is 0 Å². The van der Waals surface area contributed by atoms with Crippen molar-refractivity contribution in [1.82, 2.24) is 19.9 Å². The van der Waals surface area contributed by atoms with Gasteiger partial charge in [0.05, 0.1) is 0 Å². The number of fused-ring (bicyclic) bond motifs is 1. The standard InChI is InChI=1S/C17H19N5O/c1-12-4-2-5-15(20-12)16(23)21-8-13-10-22(11-14(13)9-21)17-18-6-3-7-19-17/h2-7,13-14H,8-11H2,1H3/t13-,14-/m0/s1. The molecule has 2 atom stereocenters. The number of pyridine rings is 1. The van der Waals surface area contributed by atoms with Gasteiger partial charge in [0.1, 0.15) is 5.69 Å². The first kappa shape index (κ1) is 14.1. The molecule has 2 aromatic heterocycles. The number of hydrogen-bond donors (Lipinski definition) is 0. The Labute approximate surface area is 135 Å². The van der Waals surface area contributed by atoms with Gasteiger partial charge < -0.3 is 9.80 Å². The van der Waals surface area contributed by atoms with Crippen molar-refractivity contribution in [2.45, 2.75) is 6.92 Å². The summed E-state index contributed by atoms with van der Waals surface area (Å²) >= 11 is 0. The van der Waals surface area contributed by atoms with Crippen molar-refractivity contribution in [3.63, 3.8) is 0 Å². The Morgan fingerprint density at radius 1 is 1.04 bits per heavy atom. The van der Waals surface area contributed by atoms with E-state index < -0.39 is 0 Å². The summed E-state index contributed by atoms with van der Waals surface area (Å²) in [6, 6.07) is 7.43. The van der Waals surface area contributed by atoms with Crippen molar-refractivity contribution in [2.24, 2.45) is 11.8 Å². The van der Waals surface area contributed by atoms with Crippen molar-refractivity contribution in [1.29, 1.82) is 0 Å². The van der Waals surface area contributed by atoms with Crippen molar-refractivity contribution in [3.05, 3.63) is 48.0 Å². The van der Waals surface area contributed by atoms with Crippen LogP contribution in [0.3, 0.4) is 0 Å². The molecular formula is C17H19N5O. The Kier molecular flexibility index (Phi) is 3.44. The zero-order chi connectivity index (χ0) is 15.8. The van der Waals surface area contributed by atoms with E-state index in [1.54, 1.807) is 18.5 Å². The van der Waals surface area contributed by atoms with E-state index in [9.17, 15) is 4.79 Å². The molecule has 2 aromatic rings. The molecule has 0 N–H and O–H groups in total. The zero-order valence-electron chi connectivity index (χ0n) is 13.1. The van der Waals surface area contributed by atoms with Gasteiger partial charge >= 0.3 is 0 Å². The average molecular weight is 309 g/mol. The van der Waals surface area contributed by atoms with Crippen molar-refractivity contribution in [2.75, 3.05) is 31.1 Å². The number of likely N-dealkylation sites (tertiary alicyclic amines) is 1. The van der Waals surface area contributed by atoms with Crippen molar-refractivity contribution in [3.8, 4) is 0 Å². The number of nitrogens with zero attached hydrogens (tertiary/aromatic N) is 5. The minimum atomic E-state index is 0.0469. The van der Waals surface area contributed by atoms with Crippen molar-refractivity contribution >= 4 is 11.9 Å². The quantitative estimate of drug-likeness (QED) is 0.839. The summed E-state index contributed by atoms with van der Waals surface area (Å²) in [7, 11) is 0. The summed E-state index contributed by atoms with van der Waals surface area (Å²) in [6.45, 7) is 5.33. The average Bonchev–Trinajstić information content (AvgIpc) is 3.14. The summed E-state index contributed by atoms with van der Waals surface area (Å²) in [4.78, 5) is 29.8. The van der Waals surface area contributed by atoms with Crippen LogP contribution in [0.25, 0.3) is 0 Å². The molecule has 0 unspecified atom stereocenters. The fraction of sp³-hybridized carbons (Fsp3) is 0.412. The van der Waals surface area contributed by atoms with E-state index >= 15 is 0 Å². The molecule has 0 aliphatic carbocycles. The lowest BCUT2D eigenvalue weighted by Gasteiger charge is -2.21. The topological polar surface area (TPSA) is 62.2 Å². The first-order chi connectivity index (χ1) is 11.2. The predicted molar refractivity (Wildman–Crippen MR) is 86.1 cm³/mol. The maximum absolute atomic E-state index is 12.6. The van der Waals surface area contributed by atoms with Crippen LogP contribution in [-0.4, -0.2) is 51.9 Å². The van der Waals surface area contributed by atoms with Crippen LogP contribution in [0.2, 0.25) is 0 Å². The van der Waals surface area contributed by atoms with Gasteiger partial charge in [0.2, 0.25) is 5.95 Å². The summed E-state index contributed by atoms with van der Waals surface area (Å²) < 4.78 is 0. The molecule has 0 bridgehead atoms. The van der Waals surface area contributed by atoms with Gasteiger partial charge in [-0.05, 0) is 25.1 Å². The van der Waals surface area contributed by atoms with E-state index in [2.05, 4.69) is 19.9 Å². The van der Waals surface area contributed by atoms with Gasteiger partial charge in [-0.2, -0.15) is 0 Å². The van der Waals surface area contributed by atoms with Crippen LogP contribution in [0, 0.1) is 18.8 Å². The van der Waals surface area contributed by atoms with Gasteiger partial charge in [-0.1, -0.05) is 6.07 Å². The summed E-state index contributed by atoms with van der Waals surface area (Å²) in [5, 5.41) is 0. The lowest BCUT2D eigenvalue weighted by molar-refractivity contribution is 0.0776. The SMILES string of the molecule is Cc1cccc(C(=O)N2C[C@H]3CN(c4ncccn4)C[C@@H]3C2)n1. The largest absolute Gasteiger partial charge is 0.340 e. The molecule has 2 saturated heterocycles. The molecular weight excluding hydrogens is 290 g/mol. The second-order valence-electron chi connectivity index (χ2n) is 6.35. The molecule has 6 heteroatoms. The van der Waals surface area contributed by atoms with E-state index in [0.717, 1.165) is 37.8 Å². The Balaban J connectivity index is 1.43. The predicted octanol–water partition coefficient (Wildman–Crippen LogP) is 1.39. The summed E-state index contributed by atoms with van der Waals surface area (Å²) in [5.41, 5.74) is 1.43. The molecule has 0 spiro atoms. The highest BCUT2D eigenvalue weighted by molar-refractivity contribution is 5.92. The Hall–Kier alpha value is -2.50. The first-order valence-corrected chi connectivity index (χ1v) is 7.95. The second-order valence-corrected chi connectivity index (χ2v) is 6.35. The minimum absolute atomic E-state index is 0.0469. The molecule has 4 heterocycles. The third kappa shape index (κ3) is 2.65. The Morgan fingerprint density at radius 2 is 1.74 bits per heavy atom. The highest BCUT2D eigenvalue weighted by Gasteiger charge is 2.42. The smallest absolute Gasteiger partial charge is 0.272 e. The molecule has 0 aromatic carbocycles. The lowest BCUT2D eigenvalue weighted by atomic mass is 10.0. The van der Waals surface area contributed by atoms with Gasteiger partial charge in [0.25, 0.3) is 5.91 Å². The van der Waals surface area contributed by atoms with Gasteiger partial charge in [-0.3, -0.25) is 4.79 Å². The van der Waals surface area contributed by atoms with Gasteiger partial charge in [0.15, 0.2) is 0 Å². The summed E-state index contributed by atoms with van der Waals surface area (Å²) in [5.74, 6) is 1.82. The van der Waals surface area contributed by atoms with Crippen molar-refractivity contribution < 1.29 is 4.79 Å². The molecule has 4 rings (SSSR count). The molecule has 0 radical (unpaired) electrons. The van der Waals surface area contributed by atoms with E-state index in [1.807, 2.05) is 30.0 Å². The van der Waals surface area contributed by atoms with Crippen LogP contribution in [-0.2, 0) is 0 Å². The second kappa shape index (κ2) is 5.61. The van der Waals surface area contributed by atoms with Crippen LogP contribution >= 0.6 is 0 Å². The maximum Gasteiger partial charge on any atom is 0.272 e. The van der Waals surface area contributed by atoms with Crippen LogP contribution < -0.4 is 4.90 Å². The fourth-order valence-electron chi connectivity index (χ4n) is 3.60. The third-order valence-electron chi connectivity index (χ3n) is 4.72. The first-order valence-electron chi connectivity index (χ1n) is 7.95. The number of carbonyl (C=O) groups is 1.